The summed E-state index contributed by atoms with van der Waals surface area (Å²) in [5.74, 6) is 1.04. The number of nitriles is 1. The smallest absolute Gasteiger partial charge is 0.221 e. The first-order valence-corrected chi connectivity index (χ1v) is 8.02. The first kappa shape index (κ1) is 17.3. The number of rotatable bonds is 7. The maximum atomic E-state index is 12.2. The van der Waals surface area contributed by atoms with Crippen molar-refractivity contribution in [1.29, 1.82) is 5.26 Å². The number of nitrogens with one attached hydrogen (secondary N) is 1. The predicted octanol–water partition coefficient (Wildman–Crippen LogP) is 2.31. The second-order valence-electron chi connectivity index (χ2n) is 6.12. The van der Waals surface area contributed by atoms with Crippen molar-refractivity contribution >= 4 is 5.91 Å². The van der Waals surface area contributed by atoms with Gasteiger partial charge in [0.2, 0.25) is 5.91 Å². The third-order valence-corrected chi connectivity index (χ3v) is 4.19. The van der Waals surface area contributed by atoms with E-state index in [2.05, 4.69) is 11.4 Å². The van der Waals surface area contributed by atoms with Crippen LogP contribution in [0.3, 0.4) is 0 Å². The molecule has 3 atom stereocenters. The number of ether oxygens (including phenoxy) is 2. The lowest BCUT2D eigenvalue weighted by atomic mass is 9.96. The Morgan fingerprint density at radius 2 is 2.30 bits per heavy atom. The molecular formula is C18H24N2O3. The quantitative estimate of drug-likeness (QED) is 0.838. The van der Waals surface area contributed by atoms with E-state index >= 15 is 0 Å². The van der Waals surface area contributed by atoms with E-state index in [1.54, 1.807) is 7.11 Å². The predicted molar refractivity (Wildman–Crippen MR) is 86.9 cm³/mol. The number of hydrogen-bond donors (Lipinski definition) is 1. The van der Waals surface area contributed by atoms with Gasteiger partial charge in [0, 0.05) is 18.9 Å². The number of hydrogen-bond acceptors (Lipinski definition) is 4. The zero-order chi connectivity index (χ0) is 16.7. The summed E-state index contributed by atoms with van der Waals surface area (Å²) in [6.45, 7) is 3.25. The van der Waals surface area contributed by atoms with Crippen molar-refractivity contribution in [2.45, 2.75) is 32.2 Å². The van der Waals surface area contributed by atoms with Gasteiger partial charge in [0.15, 0.2) is 0 Å². The SMILES string of the molecule is COc1ccccc1C[C@@H](C)CC(=O)N[C@H](C#N)[C@@H]1CCOC1. The van der Waals surface area contributed by atoms with Crippen LogP contribution in [0.1, 0.15) is 25.3 Å². The van der Waals surface area contributed by atoms with Crippen molar-refractivity contribution in [3.63, 3.8) is 0 Å². The molecule has 1 amide bonds. The summed E-state index contributed by atoms with van der Waals surface area (Å²) in [6.07, 6.45) is 1.99. The molecule has 1 heterocycles. The van der Waals surface area contributed by atoms with Crippen LogP contribution in [0.2, 0.25) is 0 Å². The fraction of sp³-hybridized carbons (Fsp3) is 0.556. The van der Waals surface area contributed by atoms with Gasteiger partial charge in [0.05, 0.1) is 19.8 Å². The van der Waals surface area contributed by atoms with Crippen LogP contribution in [0.25, 0.3) is 0 Å². The van der Waals surface area contributed by atoms with E-state index in [1.807, 2.05) is 31.2 Å². The van der Waals surface area contributed by atoms with Crippen molar-refractivity contribution in [2.75, 3.05) is 20.3 Å². The van der Waals surface area contributed by atoms with Crippen molar-refractivity contribution < 1.29 is 14.3 Å². The molecule has 1 aromatic carbocycles. The number of carbonyl (C=O) groups excluding carboxylic acids is 1. The highest BCUT2D eigenvalue weighted by atomic mass is 16.5. The summed E-state index contributed by atoms with van der Waals surface area (Å²) in [7, 11) is 1.65. The molecule has 0 aromatic heterocycles. The Bertz CT molecular complexity index is 562. The van der Waals surface area contributed by atoms with E-state index in [9.17, 15) is 10.1 Å². The molecule has 5 nitrogen and oxygen atoms in total. The van der Waals surface area contributed by atoms with Crippen LogP contribution in [-0.2, 0) is 16.0 Å². The van der Waals surface area contributed by atoms with Crippen LogP contribution in [0, 0.1) is 23.2 Å². The molecule has 1 N–H and O–H groups in total. The number of carbonyl (C=O) groups is 1. The molecule has 2 rings (SSSR count). The normalized spacial score (nSPS) is 19.6. The minimum Gasteiger partial charge on any atom is -0.496 e. The summed E-state index contributed by atoms with van der Waals surface area (Å²) in [6, 6.07) is 9.57. The van der Waals surface area contributed by atoms with E-state index in [0.29, 0.717) is 19.6 Å². The summed E-state index contributed by atoms with van der Waals surface area (Å²) in [4.78, 5) is 12.2. The molecule has 124 valence electrons. The zero-order valence-corrected chi connectivity index (χ0v) is 13.7. The molecule has 0 radical (unpaired) electrons. The number of methoxy groups -OCH3 is 1. The Morgan fingerprint density at radius 3 is 2.96 bits per heavy atom. The molecule has 0 aliphatic carbocycles. The summed E-state index contributed by atoms with van der Waals surface area (Å²) < 4.78 is 10.6. The molecular weight excluding hydrogens is 292 g/mol. The van der Waals surface area contributed by atoms with E-state index in [-0.39, 0.29) is 17.7 Å². The fourth-order valence-electron chi connectivity index (χ4n) is 2.94. The monoisotopic (exact) mass is 316 g/mol. The van der Waals surface area contributed by atoms with E-state index in [4.69, 9.17) is 9.47 Å². The van der Waals surface area contributed by atoms with Crippen LogP contribution in [0.15, 0.2) is 24.3 Å². The third kappa shape index (κ3) is 4.97. The highest BCUT2D eigenvalue weighted by Crippen LogP contribution is 2.22. The van der Waals surface area contributed by atoms with Crippen molar-refractivity contribution in [3.05, 3.63) is 29.8 Å². The molecule has 1 aromatic rings. The minimum atomic E-state index is -0.455. The number of nitrogens with zero attached hydrogens (tertiary/aromatic N) is 1. The summed E-state index contributed by atoms with van der Waals surface area (Å²) in [5, 5.41) is 12.1. The van der Waals surface area contributed by atoms with Crippen LogP contribution in [0.5, 0.6) is 5.75 Å². The lowest BCUT2D eigenvalue weighted by Gasteiger charge is -2.19. The van der Waals surface area contributed by atoms with Gasteiger partial charge < -0.3 is 14.8 Å². The first-order valence-electron chi connectivity index (χ1n) is 8.02. The standard InChI is InChI=1S/C18H24N2O3/c1-13(9-14-5-3-4-6-17(14)22-2)10-18(21)20-16(11-19)15-7-8-23-12-15/h3-6,13,15-16H,7-10,12H2,1-2H3,(H,20,21)/t13-,15-,16-/m1/s1. The van der Waals surface area contributed by atoms with E-state index in [1.165, 1.54) is 0 Å². The molecule has 0 saturated carbocycles. The molecule has 5 heteroatoms. The van der Waals surface area contributed by atoms with Crippen molar-refractivity contribution in [3.8, 4) is 11.8 Å². The van der Waals surface area contributed by atoms with Crippen molar-refractivity contribution in [1.82, 2.24) is 5.32 Å². The lowest BCUT2D eigenvalue weighted by Crippen LogP contribution is -2.40. The first-order chi connectivity index (χ1) is 11.1. The van der Waals surface area contributed by atoms with Gasteiger partial charge in [0.1, 0.15) is 11.8 Å². The molecule has 0 bridgehead atoms. The van der Waals surface area contributed by atoms with Crippen LogP contribution >= 0.6 is 0 Å². The number of amides is 1. The average molecular weight is 316 g/mol. The van der Waals surface area contributed by atoms with Crippen LogP contribution in [0.4, 0.5) is 0 Å². The number of para-hydroxylation sites is 1. The maximum absolute atomic E-state index is 12.2. The molecule has 1 aliphatic heterocycles. The molecule has 1 fully saturated rings. The Morgan fingerprint density at radius 1 is 1.52 bits per heavy atom. The Labute approximate surface area is 137 Å². The second-order valence-corrected chi connectivity index (χ2v) is 6.12. The zero-order valence-electron chi connectivity index (χ0n) is 13.7. The highest BCUT2D eigenvalue weighted by molar-refractivity contribution is 5.76. The molecule has 1 aliphatic rings. The highest BCUT2D eigenvalue weighted by Gasteiger charge is 2.27. The Kier molecular flexibility index (Phi) is 6.42. The minimum absolute atomic E-state index is 0.0779. The Balaban J connectivity index is 1.85. The summed E-state index contributed by atoms with van der Waals surface area (Å²) >= 11 is 0. The average Bonchev–Trinajstić information content (AvgIpc) is 3.07. The van der Waals surface area contributed by atoms with Gasteiger partial charge in [-0.25, -0.2) is 0 Å². The fourth-order valence-corrected chi connectivity index (χ4v) is 2.94. The second kappa shape index (κ2) is 8.54. The lowest BCUT2D eigenvalue weighted by molar-refractivity contribution is -0.122. The van der Waals surface area contributed by atoms with E-state index in [0.717, 1.165) is 24.2 Å². The maximum Gasteiger partial charge on any atom is 0.221 e. The van der Waals surface area contributed by atoms with E-state index < -0.39 is 6.04 Å². The van der Waals surface area contributed by atoms with Gasteiger partial charge >= 0.3 is 0 Å². The molecule has 0 spiro atoms. The van der Waals surface area contributed by atoms with Crippen LogP contribution < -0.4 is 10.1 Å². The van der Waals surface area contributed by atoms with Crippen LogP contribution in [-0.4, -0.2) is 32.3 Å². The summed E-state index contributed by atoms with van der Waals surface area (Å²) in [5.41, 5.74) is 1.09. The third-order valence-electron chi connectivity index (χ3n) is 4.19. The largest absolute Gasteiger partial charge is 0.496 e. The van der Waals surface area contributed by atoms with Gasteiger partial charge in [-0.2, -0.15) is 5.26 Å². The molecule has 23 heavy (non-hydrogen) atoms. The van der Waals surface area contributed by atoms with Crippen molar-refractivity contribution in [2.24, 2.45) is 11.8 Å². The molecule has 0 unspecified atom stereocenters. The molecule has 1 saturated heterocycles. The number of benzene rings is 1. The van der Waals surface area contributed by atoms with Gasteiger partial charge in [-0.3, -0.25) is 4.79 Å². The van der Waals surface area contributed by atoms with Gasteiger partial charge in [0.25, 0.3) is 0 Å². The van der Waals surface area contributed by atoms with Gasteiger partial charge in [-0.15, -0.1) is 0 Å². The van der Waals surface area contributed by atoms with Gasteiger partial charge in [-0.05, 0) is 30.4 Å². The topological polar surface area (TPSA) is 71.3 Å². The Hall–Kier alpha value is -2.06. The van der Waals surface area contributed by atoms with Gasteiger partial charge in [-0.1, -0.05) is 25.1 Å².